The molecule has 5 rings (SSSR count). The summed E-state index contributed by atoms with van der Waals surface area (Å²) in [5.74, 6) is -0.0757. The first-order chi connectivity index (χ1) is 16.7. The highest BCUT2D eigenvalue weighted by molar-refractivity contribution is 9.10. The molecule has 1 aliphatic carbocycles. The minimum Gasteiger partial charge on any atom is -0.377 e. The molecule has 3 aromatic rings. The number of hydrogen-bond acceptors (Lipinski definition) is 6. The van der Waals surface area contributed by atoms with E-state index in [2.05, 4.69) is 33.4 Å². The van der Waals surface area contributed by atoms with Crippen molar-refractivity contribution < 1.29 is 9.85 Å². The Morgan fingerprint density at radius 1 is 1.06 bits per heavy atom. The lowest BCUT2D eigenvalue weighted by Gasteiger charge is -2.39. The van der Waals surface area contributed by atoms with Gasteiger partial charge < -0.3 is 5.32 Å². The first kappa shape index (κ1) is 24.1. The van der Waals surface area contributed by atoms with Crippen molar-refractivity contribution in [3.8, 4) is 0 Å². The number of benzene rings is 3. The molecule has 35 heavy (non-hydrogen) atoms. The lowest BCUT2D eigenvalue weighted by molar-refractivity contribution is -0.387. The number of nitro groups is 2. The average Bonchev–Trinajstić information content (AvgIpc) is 3.15. The lowest BCUT2D eigenvalue weighted by atomic mass is 9.76. The minimum absolute atomic E-state index is 0.0432. The molecule has 5 atom stereocenters. The first-order valence-corrected chi connectivity index (χ1v) is 13.2. The molecule has 1 fully saturated rings. The van der Waals surface area contributed by atoms with Gasteiger partial charge in [0.2, 0.25) is 0 Å². The number of para-hydroxylation sites is 1. The minimum atomic E-state index is -0.374. The number of nitrogens with zero attached hydrogens (tertiary/aromatic N) is 2. The van der Waals surface area contributed by atoms with Gasteiger partial charge in [-0.25, -0.2) is 0 Å². The van der Waals surface area contributed by atoms with E-state index in [0.717, 1.165) is 26.9 Å². The topological polar surface area (TPSA) is 98.3 Å². The van der Waals surface area contributed by atoms with Gasteiger partial charge in [0, 0.05) is 39.5 Å². The van der Waals surface area contributed by atoms with Crippen LogP contribution in [0.5, 0.6) is 0 Å². The number of hydrogen-bond donors (Lipinski definition) is 1. The molecule has 0 radical (unpaired) electrons. The highest BCUT2D eigenvalue weighted by Gasteiger charge is 2.51. The Morgan fingerprint density at radius 2 is 1.77 bits per heavy atom. The number of nitrogens with one attached hydrogen (secondary N) is 1. The largest absolute Gasteiger partial charge is 0.377 e. The highest BCUT2D eigenvalue weighted by Crippen LogP contribution is 2.59. The number of thioether (sulfide) groups is 1. The van der Waals surface area contributed by atoms with Crippen molar-refractivity contribution in [1.82, 2.24) is 0 Å². The van der Waals surface area contributed by atoms with Gasteiger partial charge in [-0.05, 0) is 54.2 Å². The maximum absolute atomic E-state index is 11.6. The van der Waals surface area contributed by atoms with Crippen molar-refractivity contribution in [2.24, 2.45) is 5.92 Å². The summed E-state index contributed by atoms with van der Waals surface area (Å²) in [6.07, 6.45) is 0.713. The van der Waals surface area contributed by atoms with Gasteiger partial charge in [-0.15, -0.1) is 23.4 Å². The molecule has 0 aromatic heterocycles. The summed E-state index contributed by atoms with van der Waals surface area (Å²) in [4.78, 5) is 23.0. The van der Waals surface area contributed by atoms with Gasteiger partial charge >= 0.3 is 0 Å². The second-order valence-corrected chi connectivity index (χ2v) is 11.6. The van der Waals surface area contributed by atoms with Crippen molar-refractivity contribution in [3.05, 3.63) is 102 Å². The average molecular weight is 575 g/mol. The molecule has 1 heterocycles. The van der Waals surface area contributed by atoms with Crippen LogP contribution in [0.25, 0.3) is 0 Å². The van der Waals surface area contributed by atoms with Gasteiger partial charge in [0.1, 0.15) is 0 Å². The fourth-order valence-electron chi connectivity index (χ4n) is 5.37. The molecule has 3 aromatic carbocycles. The Morgan fingerprint density at radius 3 is 2.46 bits per heavy atom. The van der Waals surface area contributed by atoms with E-state index in [4.69, 9.17) is 11.6 Å². The molecular formula is C25H21BrClN3O4S. The third-order valence-corrected chi connectivity index (χ3v) is 9.52. The molecular weight excluding hydrogens is 554 g/mol. The van der Waals surface area contributed by atoms with Gasteiger partial charge in [-0.2, -0.15) is 0 Å². The van der Waals surface area contributed by atoms with E-state index in [1.807, 2.05) is 19.1 Å². The Kier molecular flexibility index (Phi) is 6.50. The van der Waals surface area contributed by atoms with Crippen LogP contribution in [0.2, 0.25) is 0 Å². The number of rotatable bonds is 5. The van der Waals surface area contributed by atoms with E-state index in [1.54, 1.807) is 30.3 Å². The van der Waals surface area contributed by atoms with Crippen LogP contribution in [0.4, 0.5) is 17.1 Å². The van der Waals surface area contributed by atoms with Crippen LogP contribution >= 0.6 is 39.3 Å². The lowest BCUT2D eigenvalue weighted by Crippen LogP contribution is -2.31. The summed E-state index contributed by atoms with van der Waals surface area (Å²) in [5.41, 5.74) is 3.74. The van der Waals surface area contributed by atoms with Gasteiger partial charge in [-0.3, -0.25) is 20.2 Å². The molecule has 10 heteroatoms. The van der Waals surface area contributed by atoms with Gasteiger partial charge in [-0.1, -0.05) is 40.2 Å². The second-order valence-electron chi connectivity index (χ2n) is 8.91. The Bertz CT molecular complexity index is 1320. The van der Waals surface area contributed by atoms with E-state index >= 15 is 0 Å². The van der Waals surface area contributed by atoms with Crippen LogP contribution < -0.4 is 5.32 Å². The number of fused-ring (bicyclic) bond motifs is 3. The van der Waals surface area contributed by atoms with E-state index in [-0.39, 0.29) is 49.7 Å². The summed E-state index contributed by atoms with van der Waals surface area (Å²) in [6.45, 7) is 1.87. The quantitative estimate of drug-likeness (QED) is 0.191. The maximum Gasteiger partial charge on any atom is 0.282 e. The second kappa shape index (κ2) is 9.44. The van der Waals surface area contributed by atoms with Crippen molar-refractivity contribution >= 4 is 56.4 Å². The molecule has 0 unspecified atom stereocenters. The summed E-state index contributed by atoms with van der Waals surface area (Å²) in [6, 6.07) is 18.0. The van der Waals surface area contributed by atoms with E-state index < -0.39 is 0 Å². The summed E-state index contributed by atoms with van der Waals surface area (Å²) in [7, 11) is 0. The van der Waals surface area contributed by atoms with Crippen molar-refractivity contribution in [2.45, 2.75) is 40.8 Å². The molecule has 0 saturated heterocycles. The van der Waals surface area contributed by atoms with E-state index in [0.29, 0.717) is 11.3 Å². The Hall–Kier alpha value is -2.62. The molecule has 0 spiro atoms. The third-order valence-electron chi connectivity index (χ3n) is 6.88. The van der Waals surface area contributed by atoms with Crippen molar-refractivity contribution in [2.75, 3.05) is 5.32 Å². The van der Waals surface area contributed by atoms with Crippen LogP contribution in [0.1, 0.15) is 35.1 Å². The number of aryl methyl sites for hydroxylation is 1. The summed E-state index contributed by atoms with van der Waals surface area (Å²) in [5, 5.41) is 26.4. The van der Waals surface area contributed by atoms with E-state index in [9.17, 15) is 20.2 Å². The zero-order chi connectivity index (χ0) is 24.9. The van der Waals surface area contributed by atoms with Crippen LogP contribution in [0.3, 0.4) is 0 Å². The normalized spacial score (nSPS) is 24.8. The SMILES string of the molecule is Cc1cc([N+](=O)[O-])cc2c1N[C@@H](c1ccc(Br)cc1)[C@@H]1C[C@@H](Sc3ccccc3[N+](=O)[O-])[C@@H](Cl)[C@H]21. The van der Waals surface area contributed by atoms with Gasteiger partial charge in [0.15, 0.2) is 0 Å². The molecule has 2 aliphatic rings. The Balaban J connectivity index is 1.59. The molecule has 1 saturated carbocycles. The molecule has 180 valence electrons. The number of anilines is 1. The molecule has 7 nitrogen and oxygen atoms in total. The monoisotopic (exact) mass is 573 g/mol. The summed E-state index contributed by atoms with van der Waals surface area (Å²) < 4.78 is 0.979. The number of non-ortho nitro benzene ring substituents is 1. The zero-order valence-electron chi connectivity index (χ0n) is 18.6. The highest BCUT2D eigenvalue weighted by atomic mass is 79.9. The smallest absolute Gasteiger partial charge is 0.282 e. The van der Waals surface area contributed by atoms with Gasteiger partial charge in [0.25, 0.3) is 11.4 Å². The molecule has 1 aliphatic heterocycles. The number of halogens is 2. The molecule has 1 N–H and O–H groups in total. The fraction of sp³-hybridized carbons (Fsp3) is 0.280. The van der Waals surface area contributed by atoms with Crippen LogP contribution in [0, 0.1) is 33.1 Å². The first-order valence-electron chi connectivity index (χ1n) is 11.1. The van der Waals surface area contributed by atoms with Crippen molar-refractivity contribution in [3.63, 3.8) is 0 Å². The third kappa shape index (κ3) is 4.41. The van der Waals surface area contributed by atoms with Gasteiger partial charge in [0.05, 0.1) is 26.2 Å². The number of alkyl halides is 1. The zero-order valence-corrected chi connectivity index (χ0v) is 21.7. The Labute approximate surface area is 219 Å². The predicted molar refractivity (Wildman–Crippen MR) is 142 cm³/mol. The maximum atomic E-state index is 11.6. The standard InChI is InChI=1S/C25H21BrClN3O4S/c1-13-10-16(29(31)32)11-17-22-18(25(28-24(13)17)14-6-8-15(26)9-7-14)12-21(23(22)27)35-20-5-3-2-4-19(20)30(33)34/h2-11,18,21-23,25,28H,12H2,1H3/t18-,21-,22-,23-,25+/m1/s1. The van der Waals surface area contributed by atoms with E-state index in [1.165, 1.54) is 17.8 Å². The fourth-order valence-corrected chi connectivity index (χ4v) is 7.57. The predicted octanol–water partition coefficient (Wildman–Crippen LogP) is 7.61. The van der Waals surface area contributed by atoms with Crippen molar-refractivity contribution in [1.29, 1.82) is 0 Å². The van der Waals surface area contributed by atoms with Crippen LogP contribution in [0.15, 0.2) is 70.0 Å². The molecule has 0 amide bonds. The van der Waals surface area contributed by atoms with Crippen LogP contribution in [-0.2, 0) is 0 Å². The molecule has 0 bridgehead atoms. The van der Waals surface area contributed by atoms with Crippen LogP contribution in [-0.4, -0.2) is 20.5 Å². The summed E-state index contributed by atoms with van der Waals surface area (Å²) >= 11 is 12.0. The number of nitro benzene ring substituents is 2.